The lowest BCUT2D eigenvalue weighted by atomic mass is 9.96. The molecule has 0 atom stereocenters. The highest BCUT2D eigenvalue weighted by Gasteiger charge is 2.51. The molecule has 0 N–H and O–H groups in total. The molecule has 0 spiro atoms. The molecule has 3 heterocycles. The molecule has 0 bridgehead atoms. The Balaban J connectivity index is 2.38. The van der Waals surface area contributed by atoms with Gasteiger partial charge in [-0.3, -0.25) is 9.30 Å². The first-order chi connectivity index (χ1) is 8.78. The van der Waals surface area contributed by atoms with Crippen molar-refractivity contribution in [2.45, 2.75) is 58.7 Å². The van der Waals surface area contributed by atoms with E-state index in [1.165, 1.54) is 11.3 Å². The van der Waals surface area contributed by atoms with Crippen LogP contribution in [0.4, 0.5) is 0 Å². The summed E-state index contributed by atoms with van der Waals surface area (Å²) in [5.41, 5.74) is 2.40. The predicted molar refractivity (Wildman–Crippen MR) is 73.8 cm³/mol. The second-order valence-electron chi connectivity index (χ2n) is 6.60. The molecule has 19 heavy (non-hydrogen) atoms. The van der Waals surface area contributed by atoms with E-state index in [9.17, 15) is 0 Å². The predicted octanol–water partition coefficient (Wildman–Crippen LogP) is 2.32. The van der Waals surface area contributed by atoms with Gasteiger partial charge >= 0.3 is 0 Å². The van der Waals surface area contributed by atoms with Crippen molar-refractivity contribution in [1.82, 2.24) is 24.5 Å². The molecule has 0 saturated carbocycles. The van der Waals surface area contributed by atoms with Crippen LogP contribution in [0.5, 0.6) is 0 Å². The van der Waals surface area contributed by atoms with Crippen molar-refractivity contribution in [2.75, 3.05) is 0 Å². The van der Waals surface area contributed by atoms with Crippen molar-refractivity contribution in [2.24, 2.45) is 0 Å². The summed E-state index contributed by atoms with van der Waals surface area (Å²) >= 11 is 0. The molecule has 0 radical (unpaired) electrons. The minimum Gasteiger partial charge on any atom is -0.281 e. The molecule has 2 aromatic heterocycles. The van der Waals surface area contributed by atoms with Gasteiger partial charge in [0.25, 0.3) is 5.78 Å². The van der Waals surface area contributed by atoms with Gasteiger partial charge in [0.15, 0.2) is 0 Å². The zero-order valence-corrected chi connectivity index (χ0v) is 12.5. The summed E-state index contributed by atoms with van der Waals surface area (Å²) in [7, 11) is 0. The van der Waals surface area contributed by atoms with E-state index in [1.807, 2.05) is 10.6 Å². The third-order valence-electron chi connectivity index (χ3n) is 4.29. The van der Waals surface area contributed by atoms with Gasteiger partial charge in [0.1, 0.15) is 6.33 Å². The minimum atomic E-state index is -0.0728. The van der Waals surface area contributed by atoms with Gasteiger partial charge in [-0.2, -0.15) is 0 Å². The Morgan fingerprint density at radius 3 is 2.42 bits per heavy atom. The van der Waals surface area contributed by atoms with Gasteiger partial charge in [-0.25, -0.2) is 4.98 Å². The smallest absolute Gasteiger partial charge is 0.255 e. The van der Waals surface area contributed by atoms with Crippen LogP contribution in [0.2, 0.25) is 0 Å². The van der Waals surface area contributed by atoms with Crippen LogP contribution in [0.15, 0.2) is 12.5 Å². The molecule has 5 nitrogen and oxygen atoms in total. The fourth-order valence-corrected chi connectivity index (χ4v) is 4.09. The molecule has 0 saturated heterocycles. The first-order valence-corrected chi connectivity index (χ1v) is 6.77. The van der Waals surface area contributed by atoms with Crippen molar-refractivity contribution in [3.05, 3.63) is 23.8 Å². The lowest BCUT2D eigenvalue weighted by Gasteiger charge is -2.43. The molecule has 3 rings (SSSR count). The van der Waals surface area contributed by atoms with Gasteiger partial charge in [0.2, 0.25) is 0 Å². The van der Waals surface area contributed by atoms with Crippen molar-refractivity contribution < 1.29 is 0 Å². The van der Waals surface area contributed by atoms with E-state index in [2.05, 4.69) is 61.6 Å². The van der Waals surface area contributed by atoms with E-state index >= 15 is 0 Å². The second-order valence-corrected chi connectivity index (χ2v) is 6.60. The van der Waals surface area contributed by atoms with Crippen LogP contribution in [-0.2, 0) is 11.1 Å². The van der Waals surface area contributed by atoms with Gasteiger partial charge in [0.05, 0.1) is 11.2 Å². The van der Waals surface area contributed by atoms with Crippen molar-refractivity contribution in [3.63, 3.8) is 0 Å². The maximum Gasteiger partial charge on any atom is 0.255 e. The fourth-order valence-electron chi connectivity index (χ4n) is 4.09. The number of rotatable bonds is 1. The first kappa shape index (κ1) is 12.5. The molecule has 0 amide bonds. The third kappa shape index (κ3) is 1.42. The number of fused-ring (bicyclic) bond motifs is 3. The zero-order valence-electron chi connectivity index (χ0n) is 12.5. The fraction of sp³-hybridized carbons (Fsp3) is 0.643. The van der Waals surface area contributed by atoms with Crippen LogP contribution in [0, 0.1) is 0 Å². The first-order valence-electron chi connectivity index (χ1n) is 6.77. The topological polar surface area (TPSA) is 46.3 Å². The Morgan fingerprint density at radius 1 is 1.11 bits per heavy atom. The van der Waals surface area contributed by atoms with Crippen molar-refractivity contribution in [3.8, 4) is 0 Å². The quantitative estimate of drug-likeness (QED) is 0.788. The Kier molecular flexibility index (Phi) is 2.33. The second kappa shape index (κ2) is 3.54. The summed E-state index contributed by atoms with van der Waals surface area (Å²) in [6.07, 6.45) is 3.73. The van der Waals surface area contributed by atoms with Crippen molar-refractivity contribution >= 4 is 5.78 Å². The molecular formula is C14H21N5. The average Bonchev–Trinajstić information content (AvgIpc) is 2.77. The van der Waals surface area contributed by atoms with Gasteiger partial charge < -0.3 is 0 Å². The number of aromatic nitrogens is 4. The third-order valence-corrected chi connectivity index (χ3v) is 4.29. The number of hydrogen-bond acceptors (Lipinski definition) is 4. The van der Waals surface area contributed by atoms with Crippen LogP contribution >= 0.6 is 0 Å². The molecule has 0 fully saturated rings. The summed E-state index contributed by atoms with van der Waals surface area (Å²) in [5.74, 6) is 0.674. The van der Waals surface area contributed by atoms with E-state index in [-0.39, 0.29) is 11.1 Å². The molecule has 0 unspecified atom stereocenters. The van der Waals surface area contributed by atoms with Crippen molar-refractivity contribution in [1.29, 1.82) is 0 Å². The molecule has 0 aliphatic carbocycles. The van der Waals surface area contributed by atoms with Gasteiger partial charge in [-0.05, 0) is 41.5 Å². The van der Waals surface area contributed by atoms with E-state index in [1.54, 1.807) is 6.33 Å². The summed E-state index contributed by atoms with van der Waals surface area (Å²) in [6, 6.07) is 0.448. The SMILES string of the molecule is CC(C)N1C(C)(C)c2cnc3nncn3c2C1(C)C. The summed E-state index contributed by atoms with van der Waals surface area (Å²) in [4.78, 5) is 6.96. The standard InChI is InChI=1S/C14H21N5/c1-9(2)19-13(3,4)10-7-15-12-17-16-8-18(12)11(10)14(19,5)6/h7-9H,1-6H3. The maximum absolute atomic E-state index is 4.43. The Labute approximate surface area is 113 Å². The van der Waals surface area contributed by atoms with E-state index < -0.39 is 0 Å². The van der Waals surface area contributed by atoms with Gasteiger partial charge in [0, 0.05) is 23.3 Å². The van der Waals surface area contributed by atoms with Gasteiger partial charge in [-0.15, -0.1) is 10.2 Å². The van der Waals surface area contributed by atoms with E-state index in [4.69, 9.17) is 0 Å². The monoisotopic (exact) mass is 259 g/mol. The maximum atomic E-state index is 4.43. The lowest BCUT2D eigenvalue weighted by molar-refractivity contribution is 0.00691. The summed E-state index contributed by atoms with van der Waals surface area (Å²) in [6.45, 7) is 13.5. The molecule has 0 aromatic carbocycles. The summed E-state index contributed by atoms with van der Waals surface area (Å²) in [5, 5.41) is 8.06. The lowest BCUT2D eigenvalue weighted by Crippen LogP contribution is -2.49. The highest BCUT2D eigenvalue weighted by atomic mass is 15.3. The van der Waals surface area contributed by atoms with Crippen LogP contribution in [-0.4, -0.2) is 30.5 Å². The molecule has 1 aliphatic heterocycles. The molecule has 2 aromatic rings. The average molecular weight is 259 g/mol. The normalized spacial score (nSPS) is 21.2. The van der Waals surface area contributed by atoms with E-state index in [0.29, 0.717) is 11.8 Å². The van der Waals surface area contributed by atoms with Crippen LogP contribution in [0.25, 0.3) is 5.78 Å². The Hall–Kier alpha value is -1.49. The number of hydrogen-bond donors (Lipinski definition) is 0. The molecule has 102 valence electrons. The van der Waals surface area contributed by atoms with Crippen LogP contribution < -0.4 is 0 Å². The highest BCUT2D eigenvalue weighted by Crippen LogP contribution is 2.49. The highest BCUT2D eigenvalue weighted by molar-refractivity contribution is 5.43. The Morgan fingerprint density at radius 2 is 1.79 bits per heavy atom. The van der Waals surface area contributed by atoms with Gasteiger partial charge in [-0.1, -0.05) is 0 Å². The zero-order chi connectivity index (χ0) is 14.0. The largest absolute Gasteiger partial charge is 0.281 e. The van der Waals surface area contributed by atoms with E-state index in [0.717, 1.165) is 0 Å². The van der Waals surface area contributed by atoms with Crippen LogP contribution in [0.1, 0.15) is 52.8 Å². The molecule has 1 aliphatic rings. The van der Waals surface area contributed by atoms with Crippen LogP contribution in [0.3, 0.4) is 0 Å². The number of nitrogens with zero attached hydrogens (tertiary/aromatic N) is 5. The minimum absolute atomic E-state index is 0.0432. The summed E-state index contributed by atoms with van der Waals surface area (Å²) < 4.78 is 2.03. The molecule has 5 heteroatoms. The molecular weight excluding hydrogens is 238 g/mol. The Bertz CT molecular complexity index is 638.